The Kier molecular flexibility index (Phi) is 5.85. The van der Waals surface area contributed by atoms with Gasteiger partial charge in [0.25, 0.3) is 5.82 Å². The number of nitrogens with zero attached hydrogens (tertiary/aromatic N) is 2. The molecule has 2 aromatic heterocycles. The van der Waals surface area contributed by atoms with Gasteiger partial charge < -0.3 is 0 Å². The fraction of sp³-hybridized carbons (Fsp3) is 0.323. The smallest absolute Gasteiger partial charge is 0.232 e. The minimum atomic E-state index is 0.408. The number of imidazole rings is 1. The minimum absolute atomic E-state index is 0.408. The van der Waals surface area contributed by atoms with Gasteiger partial charge in [-0.15, -0.1) is 11.3 Å². The molecule has 3 heteroatoms. The van der Waals surface area contributed by atoms with Gasteiger partial charge in [0.15, 0.2) is 0 Å². The van der Waals surface area contributed by atoms with Gasteiger partial charge in [-0.25, -0.2) is 4.57 Å². The Morgan fingerprint density at radius 1 is 0.765 bits per heavy atom. The van der Waals surface area contributed by atoms with Crippen LogP contribution >= 0.6 is 11.3 Å². The molecule has 174 valence electrons. The standard InChI is InChI=1S/C31H35N2S/c1-19(2)22-12-8-9-14-24(22)31-32(7)16-17-33(31)29-25(20(3)4)18-26-23-13-10-11-15-27(23)34-30(26)28(29)21(5)6/h8-21H,1-7H3/q+1. The Hall–Kier alpha value is -2.91. The zero-order valence-corrected chi connectivity index (χ0v) is 22.2. The van der Waals surface area contributed by atoms with Crippen molar-refractivity contribution in [2.75, 3.05) is 0 Å². The number of fused-ring (bicyclic) bond motifs is 3. The second-order valence-corrected chi connectivity index (χ2v) is 11.4. The van der Waals surface area contributed by atoms with Gasteiger partial charge >= 0.3 is 0 Å². The highest BCUT2D eigenvalue weighted by molar-refractivity contribution is 7.26. The molecular formula is C31H35N2S+. The predicted octanol–water partition coefficient (Wildman–Crippen LogP) is 8.71. The average molecular weight is 468 g/mol. The third-order valence-corrected chi connectivity index (χ3v) is 8.19. The first-order chi connectivity index (χ1) is 16.3. The van der Waals surface area contributed by atoms with E-state index in [4.69, 9.17) is 0 Å². The van der Waals surface area contributed by atoms with Crippen molar-refractivity contribution in [2.45, 2.75) is 59.3 Å². The van der Waals surface area contributed by atoms with Gasteiger partial charge in [-0.05, 0) is 41.5 Å². The van der Waals surface area contributed by atoms with E-state index in [0.29, 0.717) is 17.8 Å². The quantitative estimate of drug-likeness (QED) is 0.229. The van der Waals surface area contributed by atoms with Crippen molar-refractivity contribution in [3.8, 4) is 17.1 Å². The van der Waals surface area contributed by atoms with Crippen LogP contribution in [-0.2, 0) is 7.05 Å². The van der Waals surface area contributed by atoms with Crippen LogP contribution in [0.5, 0.6) is 0 Å². The maximum atomic E-state index is 2.47. The van der Waals surface area contributed by atoms with Crippen LogP contribution < -0.4 is 4.57 Å². The summed E-state index contributed by atoms with van der Waals surface area (Å²) in [5, 5.41) is 2.78. The number of hydrogen-bond donors (Lipinski definition) is 0. The van der Waals surface area contributed by atoms with Crippen molar-refractivity contribution in [3.63, 3.8) is 0 Å². The first kappa shape index (κ1) is 22.9. The molecule has 0 atom stereocenters. The summed E-state index contributed by atoms with van der Waals surface area (Å²) in [4.78, 5) is 0. The lowest BCUT2D eigenvalue weighted by molar-refractivity contribution is -0.659. The summed E-state index contributed by atoms with van der Waals surface area (Å²) in [7, 11) is 2.17. The molecule has 34 heavy (non-hydrogen) atoms. The number of thiophene rings is 1. The summed E-state index contributed by atoms with van der Waals surface area (Å²) >= 11 is 1.94. The second kappa shape index (κ2) is 8.70. The first-order valence-corrected chi connectivity index (χ1v) is 13.3. The fourth-order valence-corrected chi connectivity index (χ4v) is 6.70. The molecule has 0 saturated carbocycles. The summed E-state index contributed by atoms with van der Waals surface area (Å²) in [6, 6.07) is 20.2. The molecule has 2 heterocycles. The van der Waals surface area contributed by atoms with E-state index in [-0.39, 0.29) is 0 Å². The van der Waals surface area contributed by atoms with Crippen LogP contribution in [0.25, 0.3) is 37.2 Å². The SMILES string of the molecule is CC(C)c1ccccc1-c1n(-c2c(C(C)C)cc3c(sc4ccccc43)c2C(C)C)cc[n+]1C. The highest BCUT2D eigenvalue weighted by Crippen LogP contribution is 2.45. The fourth-order valence-electron chi connectivity index (χ4n) is 5.32. The van der Waals surface area contributed by atoms with Gasteiger partial charge in [0.05, 0.1) is 12.6 Å². The predicted molar refractivity (Wildman–Crippen MR) is 148 cm³/mol. The molecule has 2 nitrogen and oxygen atoms in total. The molecule has 0 spiro atoms. The molecule has 0 bridgehead atoms. The van der Waals surface area contributed by atoms with Crippen molar-refractivity contribution in [1.82, 2.24) is 4.57 Å². The summed E-state index contributed by atoms with van der Waals surface area (Å²) < 4.78 is 7.55. The molecule has 0 amide bonds. The van der Waals surface area contributed by atoms with E-state index in [9.17, 15) is 0 Å². The van der Waals surface area contributed by atoms with Gasteiger partial charge in [-0.1, -0.05) is 77.9 Å². The van der Waals surface area contributed by atoms with Crippen LogP contribution in [0.3, 0.4) is 0 Å². The minimum Gasteiger partial charge on any atom is -0.232 e. The van der Waals surface area contributed by atoms with Crippen molar-refractivity contribution >= 4 is 31.5 Å². The van der Waals surface area contributed by atoms with Crippen LogP contribution in [0, 0.1) is 0 Å². The maximum absolute atomic E-state index is 2.47. The lowest BCUT2D eigenvalue weighted by atomic mass is 9.89. The lowest BCUT2D eigenvalue weighted by Crippen LogP contribution is -2.29. The van der Waals surface area contributed by atoms with Crippen molar-refractivity contribution in [3.05, 3.63) is 83.7 Å². The monoisotopic (exact) mass is 467 g/mol. The topological polar surface area (TPSA) is 8.81 Å². The largest absolute Gasteiger partial charge is 0.294 e. The van der Waals surface area contributed by atoms with Crippen molar-refractivity contribution in [1.29, 1.82) is 0 Å². The van der Waals surface area contributed by atoms with Crippen LogP contribution in [0.15, 0.2) is 67.0 Å². The lowest BCUT2D eigenvalue weighted by Gasteiger charge is -2.20. The zero-order chi connectivity index (χ0) is 24.1. The van der Waals surface area contributed by atoms with E-state index in [1.807, 2.05) is 11.3 Å². The summed E-state index contributed by atoms with van der Waals surface area (Å²) in [5.41, 5.74) is 6.93. The Labute approximate surface area is 207 Å². The van der Waals surface area contributed by atoms with E-state index < -0.39 is 0 Å². The summed E-state index contributed by atoms with van der Waals surface area (Å²) in [6.07, 6.45) is 4.47. The van der Waals surface area contributed by atoms with E-state index in [0.717, 1.165) is 0 Å². The molecule has 0 saturated heterocycles. The van der Waals surface area contributed by atoms with E-state index >= 15 is 0 Å². The molecule has 0 fully saturated rings. The van der Waals surface area contributed by atoms with Crippen LogP contribution in [0.1, 0.15) is 76.0 Å². The number of hydrogen-bond acceptors (Lipinski definition) is 1. The Bertz CT molecular complexity index is 1500. The van der Waals surface area contributed by atoms with Crippen LogP contribution in [-0.4, -0.2) is 4.57 Å². The summed E-state index contributed by atoms with van der Waals surface area (Å²) in [6.45, 7) is 13.9. The highest BCUT2D eigenvalue weighted by Gasteiger charge is 2.30. The van der Waals surface area contributed by atoms with E-state index in [1.165, 1.54) is 53.9 Å². The molecule has 0 radical (unpaired) electrons. The summed E-state index contributed by atoms with van der Waals surface area (Å²) in [5.74, 6) is 2.52. The molecule has 0 aliphatic rings. The van der Waals surface area contributed by atoms with Gasteiger partial charge in [-0.2, -0.15) is 4.57 Å². The van der Waals surface area contributed by atoms with Gasteiger partial charge in [0.1, 0.15) is 18.1 Å². The van der Waals surface area contributed by atoms with Gasteiger partial charge in [0.2, 0.25) is 0 Å². The molecule has 0 aliphatic heterocycles. The Morgan fingerprint density at radius 3 is 2.15 bits per heavy atom. The molecule has 0 aliphatic carbocycles. The first-order valence-electron chi connectivity index (χ1n) is 12.4. The molecular weight excluding hydrogens is 432 g/mol. The van der Waals surface area contributed by atoms with Crippen molar-refractivity contribution < 1.29 is 4.57 Å². The number of benzene rings is 3. The second-order valence-electron chi connectivity index (χ2n) is 10.4. The molecule has 5 rings (SSSR count). The highest BCUT2D eigenvalue weighted by atomic mass is 32.1. The number of rotatable bonds is 5. The Morgan fingerprint density at radius 2 is 1.44 bits per heavy atom. The molecule has 0 N–H and O–H groups in total. The molecule has 0 unspecified atom stereocenters. The van der Waals surface area contributed by atoms with Crippen LogP contribution in [0.2, 0.25) is 0 Å². The molecule has 3 aromatic carbocycles. The number of aryl methyl sites for hydroxylation is 1. The van der Waals surface area contributed by atoms with Gasteiger partial charge in [0, 0.05) is 31.3 Å². The average Bonchev–Trinajstić information content (AvgIpc) is 3.37. The maximum Gasteiger partial charge on any atom is 0.294 e. The van der Waals surface area contributed by atoms with E-state index in [1.54, 1.807) is 0 Å². The van der Waals surface area contributed by atoms with Crippen LogP contribution in [0.4, 0.5) is 0 Å². The van der Waals surface area contributed by atoms with Crippen molar-refractivity contribution in [2.24, 2.45) is 7.05 Å². The van der Waals surface area contributed by atoms with E-state index in [2.05, 4.69) is 125 Å². The zero-order valence-electron chi connectivity index (χ0n) is 21.4. The number of aromatic nitrogens is 2. The Balaban J connectivity index is 1.92. The normalized spacial score (nSPS) is 12.2. The third kappa shape index (κ3) is 3.58. The molecule has 5 aromatic rings. The van der Waals surface area contributed by atoms with Gasteiger partial charge in [-0.3, -0.25) is 0 Å². The third-order valence-electron chi connectivity index (χ3n) is 6.97.